The summed E-state index contributed by atoms with van der Waals surface area (Å²) < 4.78 is 5.18. The van der Waals surface area contributed by atoms with E-state index in [1.165, 1.54) is 9.88 Å². The lowest BCUT2D eigenvalue weighted by Crippen LogP contribution is -2.14. The molecule has 92 valence electrons. The van der Waals surface area contributed by atoms with Crippen LogP contribution >= 0.6 is 23.1 Å². The van der Waals surface area contributed by atoms with Gasteiger partial charge in [0.15, 0.2) is 0 Å². The summed E-state index contributed by atoms with van der Waals surface area (Å²) in [5, 5.41) is 4.62. The molecule has 1 aromatic heterocycles. The summed E-state index contributed by atoms with van der Waals surface area (Å²) in [6, 6.07) is 0. The Balaban J connectivity index is 2.62. The van der Waals surface area contributed by atoms with E-state index in [0.29, 0.717) is 6.61 Å². The van der Waals surface area contributed by atoms with Crippen molar-refractivity contribution in [3.63, 3.8) is 0 Å². The lowest BCUT2D eigenvalue weighted by atomic mass is 10.3. The molecule has 0 atom stereocenters. The highest BCUT2D eigenvalue weighted by molar-refractivity contribution is 7.97. The van der Waals surface area contributed by atoms with E-state index in [9.17, 15) is 0 Å². The molecule has 1 heterocycles. The van der Waals surface area contributed by atoms with Crippen LogP contribution in [0.2, 0.25) is 0 Å². The molecule has 0 bridgehead atoms. The lowest BCUT2D eigenvalue weighted by molar-refractivity contribution is 0.181. The molecule has 0 spiro atoms. The van der Waals surface area contributed by atoms with E-state index in [-0.39, 0.29) is 0 Å². The van der Waals surface area contributed by atoms with Crippen molar-refractivity contribution in [3.05, 3.63) is 15.6 Å². The molecule has 0 unspecified atom stereocenters. The smallest absolute Gasteiger partial charge is 0.103 e. The fourth-order valence-electron chi connectivity index (χ4n) is 1.39. The van der Waals surface area contributed by atoms with Gasteiger partial charge in [-0.2, -0.15) is 11.8 Å². The van der Waals surface area contributed by atoms with Gasteiger partial charge in [0.25, 0.3) is 0 Å². The summed E-state index contributed by atoms with van der Waals surface area (Å²) in [4.78, 5) is 5.92. The van der Waals surface area contributed by atoms with Gasteiger partial charge in [0.1, 0.15) is 5.01 Å². The molecule has 0 aliphatic heterocycles. The van der Waals surface area contributed by atoms with Crippen LogP contribution in [0.4, 0.5) is 0 Å². The first kappa shape index (κ1) is 14.0. The van der Waals surface area contributed by atoms with E-state index >= 15 is 0 Å². The average Bonchev–Trinajstić information content (AvgIpc) is 2.63. The van der Waals surface area contributed by atoms with Gasteiger partial charge in [0.2, 0.25) is 0 Å². The molecule has 0 saturated carbocycles. The summed E-state index contributed by atoms with van der Waals surface area (Å²) in [6.45, 7) is 4.77. The Hall–Kier alpha value is -0.100. The van der Waals surface area contributed by atoms with Crippen molar-refractivity contribution in [2.45, 2.75) is 32.2 Å². The van der Waals surface area contributed by atoms with Gasteiger partial charge in [-0.1, -0.05) is 6.92 Å². The standard InChI is InChI=1S/C11H20N2OS2/c1-4-5-12-6-10-9(7-14-2)13-11(16-10)8-15-3/h12H,4-8H2,1-3H3. The highest BCUT2D eigenvalue weighted by Crippen LogP contribution is 2.22. The maximum atomic E-state index is 5.18. The molecule has 0 amide bonds. The Kier molecular flexibility index (Phi) is 7.03. The Morgan fingerprint density at radius 1 is 1.50 bits per heavy atom. The summed E-state index contributed by atoms with van der Waals surface area (Å²) >= 11 is 3.61. The van der Waals surface area contributed by atoms with Gasteiger partial charge in [-0.25, -0.2) is 4.98 Å². The second kappa shape index (κ2) is 8.06. The van der Waals surface area contributed by atoms with Crippen molar-refractivity contribution in [1.82, 2.24) is 10.3 Å². The largest absolute Gasteiger partial charge is 0.378 e. The molecule has 0 radical (unpaired) electrons. The minimum absolute atomic E-state index is 0.619. The molecule has 5 heteroatoms. The Morgan fingerprint density at radius 3 is 2.94 bits per heavy atom. The van der Waals surface area contributed by atoms with E-state index < -0.39 is 0 Å². The molecule has 1 rings (SSSR count). The average molecular weight is 260 g/mol. The van der Waals surface area contributed by atoms with Gasteiger partial charge in [0, 0.05) is 24.3 Å². The number of thioether (sulfide) groups is 1. The fourth-order valence-corrected chi connectivity index (χ4v) is 3.13. The predicted molar refractivity (Wildman–Crippen MR) is 72.0 cm³/mol. The van der Waals surface area contributed by atoms with E-state index in [4.69, 9.17) is 4.74 Å². The van der Waals surface area contributed by atoms with Gasteiger partial charge in [0.05, 0.1) is 12.3 Å². The zero-order valence-electron chi connectivity index (χ0n) is 10.2. The van der Waals surface area contributed by atoms with Crippen LogP contribution in [0.3, 0.4) is 0 Å². The molecule has 0 saturated heterocycles. The number of ether oxygens (including phenoxy) is 1. The number of aromatic nitrogens is 1. The number of hydrogen-bond acceptors (Lipinski definition) is 5. The minimum Gasteiger partial charge on any atom is -0.378 e. The zero-order chi connectivity index (χ0) is 11.8. The van der Waals surface area contributed by atoms with Crippen molar-refractivity contribution in [1.29, 1.82) is 0 Å². The Labute approximate surface area is 106 Å². The molecule has 0 aromatic carbocycles. The summed E-state index contributed by atoms with van der Waals surface area (Å²) in [7, 11) is 1.72. The van der Waals surface area contributed by atoms with Gasteiger partial charge >= 0.3 is 0 Å². The van der Waals surface area contributed by atoms with E-state index in [1.807, 2.05) is 11.8 Å². The third-order valence-corrected chi connectivity index (χ3v) is 3.93. The summed E-state index contributed by atoms with van der Waals surface area (Å²) in [6.07, 6.45) is 3.27. The second-order valence-corrected chi connectivity index (χ2v) is 5.55. The number of nitrogens with zero attached hydrogens (tertiary/aromatic N) is 1. The van der Waals surface area contributed by atoms with Crippen LogP contribution in [-0.4, -0.2) is 24.9 Å². The fraction of sp³-hybridized carbons (Fsp3) is 0.727. The van der Waals surface area contributed by atoms with Crippen LogP contribution in [0.5, 0.6) is 0 Å². The third-order valence-electron chi connectivity index (χ3n) is 2.08. The van der Waals surface area contributed by atoms with Crippen molar-refractivity contribution in [2.75, 3.05) is 19.9 Å². The Morgan fingerprint density at radius 2 is 2.31 bits per heavy atom. The first-order chi connectivity index (χ1) is 7.81. The maximum Gasteiger partial charge on any atom is 0.103 e. The SMILES string of the molecule is CCCNCc1sc(CSC)nc1COC. The molecular weight excluding hydrogens is 240 g/mol. The van der Waals surface area contributed by atoms with Crippen LogP contribution in [0.25, 0.3) is 0 Å². The molecule has 0 fully saturated rings. The van der Waals surface area contributed by atoms with Crippen LogP contribution in [0.1, 0.15) is 28.9 Å². The van der Waals surface area contributed by atoms with E-state index in [2.05, 4.69) is 23.5 Å². The molecule has 1 N–H and O–H groups in total. The first-order valence-electron chi connectivity index (χ1n) is 5.47. The third kappa shape index (κ3) is 4.41. The van der Waals surface area contributed by atoms with Gasteiger partial charge < -0.3 is 10.1 Å². The van der Waals surface area contributed by atoms with Crippen molar-refractivity contribution >= 4 is 23.1 Å². The Bertz CT molecular complexity index is 302. The van der Waals surface area contributed by atoms with E-state index in [0.717, 1.165) is 31.0 Å². The number of methoxy groups -OCH3 is 1. The predicted octanol–water partition coefficient (Wildman–Crippen LogP) is 2.65. The quantitative estimate of drug-likeness (QED) is 0.729. The summed E-state index contributed by atoms with van der Waals surface area (Å²) in [5.41, 5.74) is 1.10. The van der Waals surface area contributed by atoms with Crippen molar-refractivity contribution < 1.29 is 4.74 Å². The highest BCUT2D eigenvalue weighted by atomic mass is 32.2. The molecule has 1 aromatic rings. The zero-order valence-corrected chi connectivity index (χ0v) is 11.8. The first-order valence-corrected chi connectivity index (χ1v) is 7.68. The number of thiazole rings is 1. The number of nitrogens with one attached hydrogen (secondary N) is 1. The van der Waals surface area contributed by atoms with Crippen molar-refractivity contribution in [2.24, 2.45) is 0 Å². The van der Waals surface area contributed by atoms with Crippen LogP contribution in [0, 0.1) is 0 Å². The highest BCUT2D eigenvalue weighted by Gasteiger charge is 2.10. The van der Waals surface area contributed by atoms with E-state index in [1.54, 1.807) is 18.4 Å². The lowest BCUT2D eigenvalue weighted by Gasteiger charge is -2.02. The van der Waals surface area contributed by atoms with Crippen LogP contribution < -0.4 is 5.32 Å². The van der Waals surface area contributed by atoms with Crippen molar-refractivity contribution in [3.8, 4) is 0 Å². The monoisotopic (exact) mass is 260 g/mol. The molecular formula is C11H20N2OS2. The minimum atomic E-state index is 0.619. The molecule has 16 heavy (non-hydrogen) atoms. The molecule has 0 aliphatic rings. The number of rotatable bonds is 8. The van der Waals surface area contributed by atoms with Gasteiger partial charge in [-0.15, -0.1) is 11.3 Å². The maximum absolute atomic E-state index is 5.18. The van der Waals surface area contributed by atoms with Gasteiger partial charge in [-0.3, -0.25) is 0 Å². The van der Waals surface area contributed by atoms with Gasteiger partial charge in [-0.05, 0) is 19.2 Å². The number of hydrogen-bond donors (Lipinski definition) is 1. The van der Waals surface area contributed by atoms with Crippen LogP contribution in [-0.2, 0) is 23.6 Å². The molecule has 0 aliphatic carbocycles. The second-order valence-electron chi connectivity index (χ2n) is 3.52. The summed E-state index contributed by atoms with van der Waals surface area (Å²) in [5.74, 6) is 0.995. The van der Waals surface area contributed by atoms with Crippen LogP contribution in [0.15, 0.2) is 0 Å². The normalized spacial score (nSPS) is 10.9. The topological polar surface area (TPSA) is 34.2 Å². The molecule has 3 nitrogen and oxygen atoms in total.